The summed E-state index contributed by atoms with van der Waals surface area (Å²) in [6.07, 6.45) is 3.29. The lowest BCUT2D eigenvalue weighted by atomic mass is 9.91. The predicted octanol–water partition coefficient (Wildman–Crippen LogP) is 5.00. The number of hydrogen-bond donors (Lipinski definition) is 3. The van der Waals surface area contributed by atoms with Gasteiger partial charge in [0.1, 0.15) is 5.75 Å². The first kappa shape index (κ1) is 24.1. The first-order chi connectivity index (χ1) is 16.3. The molecule has 1 heterocycles. The number of imide groups is 1. The van der Waals surface area contributed by atoms with Crippen LogP contribution in [0.3, 0.4) is 0 Å². The Balaban J connectivity index is 1.60. The van der Waals surface area contributed by atoms with Crippen LogP contribution in [0.25, 0.3) is 0 Å². The van der Waals surface area contributed by atoms with E-state index >= 15 is 0 Å². The van der Waals surface area contributed by atoms with Gasteiger partial charge in [0, 0.05) is 5.70 Å². The Kier molecular flexibility index (Phi) is 7.16. The number of carbonyl (C=O) groups is 2. The second kappa shape index (κ2) is 10.1. The minimum absolute atomic E-state index is 0.187. The van der Waals surface area contributed by atoms with Gasteiger partial charge < -0.3 is 10.1 Å². The number of ether oxygens (including phenoxy) is 1. The van der Waals surface area contributed by atoms with Crippen LogP contribution in [-0.4, -0.2) is 23.2 Å². The second-order valence-electron chi connectivity index (χ2n) is 8.30. The van der Waals surface area contributed by atoms with Gasteiger partial charge in [-0.2, -0.15) is 0 Å². The summed E-state index contributed by atoms with van der Waals surface area (Å²) in [6, 6.07) is 11.7. The molecule has 0 saturated carbocycles. The summed E-state index contributed by atoms with van der Waals surface area (Å²) in [7, 11) is 0. The Labute approximate surface area is 208 Å². The average molecular weight is 501 g/mol. The molecular weight excluding hydrogens is 475 g/mol. The van der Waals surface area contributed by atoms with Crippen molar-refractivity contribution in [2.45, 2.75) is 45.8 Å². The molecule has 2 aromatic rings. The number of nitrogens with one attached hydrogen (secondary N) is 2. The number of hydrogen-bond acceptors (Lipinski definition) is 5. The zero-order chi connectivity index (χ0) is 24.4. The number of rotatable bonds is 4. The van der Waals surface area contributed by atoms with E-state index in [0.717, 1.165) is 31.2 Å². The Hall–Kier alpha value is -3.00. The molecule has 7 nitrogen and oxygen atoms in total. The summed E-state index contributed by atoms with van der Waals surface area (Å²) in [6.45, 7) is 3.54. The lowest BCUT2D eigenvalue weighted by Crippen LogP contribution is -2.52. The third-order valence-electron chi connectivity index (χ3n) is 6.12. The van der Waals surface area contributed by atoms with Crippen LogP contribution in [0.15, 0.2) is 64.5 Å². The minimum atomic E-state index is -0.850. The zero-order valence-corrected chi connectivity index (χ0v) is 20.5. The van der Waals surface area contributed by atoms with Crippen LogP contribution in [0, 0.1) is 0 Å². The highest BCUT2D eigenvalue weighted by molar-refractivity contribution is 6.34. The van der Waals surface area contributed by atoms with E-state index < -0.39 is 18.2 Å². The van der Waals surface area contributed by atoms with E-state index in [9.17, 15) is 9.59 Å². The van der Waals surface area contributed by atoms with E-state index in [0.29, 0.717) is 27.7 Å². The fourth-order valence-electron chi connectivity index (χ4n) is 4.22. The van der Waals surface area contributed by atoms with Crippen LogP contribution < -0.4 is 21.2 Å². The molecule has 0 aromatic heterocycles. The number of aryl methyl sites for hydroxylation is 1. The number of allylic oxidation sites excluding steroid dienone is 3. The molecule has 0 radical (unpaired) electrons. The van der Waals surface area contributed by atoms with E-state index in [1.807, 2.05) is 12.1 Å². The summed E-state index contributed by atoms with van der Waals surface area (Å²) in [4.78, 5) is 25.3. The standard InChI is InChI=1S/C25H26Cl2N4O3/c1-14-21(27)15(2)31(28)24(34-20-13-7-9-16-8-3-4-10-17(16)20)22(14)29-25(33)30-23(32)18-11-5-6-12-19(18)26/h5-7,9,11-13,24H,3-4,8,10,28H2,1-2H3,(H2,29,30,32,33). The largest absolute Gasteiger partial charge is 0.463 e. The van der Waals surface area contributed by atoms with Crippen LogP contribution in [0.5, 0.6) is 5.75 Å². The fourth-order valence-corrected chi connectivity index (χ4v) is 4.64. The number of nitrogens with zero attached hydrogens (tertiary/aromatic N) is 1. The van der Waals surface area contributed by atoms with Crippen molar-refractivity contribution in [2.75, 3.05) is 0 Å². The molecule has 1 unspecified atom stereocenters. The molecule has 2 aromatic carbocycles. The molecule has 3 amide bonds. The molecule has 1 aliphatic carbocycles. The molecular formula is C25H26Cl2N4O3. The number of carbonyl (C=O) groups excluding carboxylic acids is 2. The highest BCUT2D eigenvalue weighted by Crippen LogP contribution is 2.35. The van der Waals surface area contributed by atoms with Crippen molar-refractivity contribution in [3.05, 3.63) is 86.2 Å². The Morgan fingerprint density at radius 1 is 1.06 bits per heavy atom. The van der Waals surface area contributed by atoms with Gasteiger partial charge in [-0.05, 0) is 74.4 Å². The maximum absolute atomic E-state index is 12.8. The maximum atomic E-state index is 12.8. The number of nitrogens with two attached hydrogens (primary N) is 1. The van der Waals surface area contributed by atoms with E-state index in [2.05, 4.69) is 16.7 Å². The molecule has 4 N–H and O–H groups in total. The second-order valence-corrected chi connectivity index (χ2v) is 9.09. The number of urea groups is 1. The van der Waals surface area contributed by atoms with Gasteiger partial charge in [0.15, 0.2) is 0 Å². The topological polar surface area (TPSA) is 96.7 Å². The van der Waals surface area contributed by atoms with Gasteiger partial charge in [-0.15, -0.1) is 0 Å². The summed E-state index contributed by atoms with van der Waals surface area (Å²) < 4.78 is 6.38. The van der Waals surface area contributed by atoms with Crippen LogP contribution in [0.2, 0.25) is 5.02 Å². The number of amides is 3. The lowest BCUT2D eigenvalue weighted by Gasteiger charge is -2.37. The predicted molar refractivity (Wildman–Crippen MR) is 132 cm³/mol. The molecule has 2 aliphatic rings. The third-order valence-corrected chi connectivity index (χ3v) is 7.01. The first-order valence-corrected chi connectivity index (χ1v) is 11.8. The van der Waals surface area contributed by atoms with Crippen molar-refractivity contribution >= 4 is 35.1 Å². The summed E-state index contributed by atoms with van der Waals surface area (Å²) in [5.74, 6) is 6.43. The molecule has 178 valence electrons. The molecule has 0 bridgehead atoms. The molecule has 9 heteroatoms. The maximum Gasteiger partial charge on any atom is 0.326 e. The molecule has 0 saturated heterocycles. The summed E-state index contributed by atoms with van der Waals surface area (Å²) >= 11 is 12.6. The van der Waals surface area contributed by atoms with Crippen molar-refractivity contribution in [3.8, 4) is 5.75 Å². The Morgan fingerprint density at radius 3 is 2.56 bits per heavy atom. The highest BCUT2D eigenvalue weighted by atomic mass is 35.5. The van der Waals surface area contributed by atoms with E-state index in [1.54, 1.807) is 32.0 Å². The average Bonchev–Trinajstić information content (AvgIpc) is 2.83. The van der Waals surface area contributed by atoms with Gasteiger partial charge in [0.25, 0.3) is 5.91 Å². The molecule has 1 atom stereocenters. The van der Waals surface area contributed by atoms with Crippen molar-refractivity contribution < 1.29 is 14.3 Å². The number of halogens is 2. The smallest absolute Gasteiger partial charge is 0.326 e. The van der Waals surface area contributed by atoms with E-state index in [-0.39, 0.29) is 10.6 Å². The van der Waals surface area contributed by atoms with Gasteiger partial charge >= 0.3 is 6.03 Å². The SMILES string of the molecule is CC1=C(NC(=O)NC(=O)c2ccccc2Cl)C(Oc2cccc3c2CCCC3)N(N)C(C)=C1Cl. The van der Waals surface area contributed by atoms with Gasteiger partial charge in [-0.3, -0.25) is 15.1 Å². The summed E-state index contributed by atoms with van der Waals surface area (Å²) in [5.41, 5.74) is 4.13. The van der Waals surface area contributed by atoms with E-state index in [4.69, 9.17) is 33.8 Å². The van der Waals surface area contributed by atoms with Crippen LogP contribution in [-0.2, 0) is 12.8 Å². The highest BCUT2D eigenvalue weighted by Gasteiger charge is 2.34. The lowest BCUT2D eigenvalue weighted by molar-refractivity contribution is 0.0708. The first-order valence-electron chi connectivity index (χ1n) is 11.0. The molecule has 34 heavy (non-hydrogen) atoms. The summed E-state index contributed by atoms with van der Waals surface area (Å²) in [5, 5.41) is 7.03. The van der Waals surface area contributed by atoms with Crippen molar-refractivity contribution in [1.82, 2.24) is 15.6 Å². The molecule has 0 fully saturated rings. The zero-order valence-electron chi connectivity index (χ0n) is 19.0. The number of benzene rings is 2. The van der Waals surface area contributed by atoms with Gasteiger partial charge in [-0.1, -0.05) is 47.5 Å². The molecule has 1 aliphatic heterocycles. The molecule has 4 rings (SSSR count). The van der Waals surface area contributed by atoms with Crippen LogP contribution in [0.1, 0.15) is 48.2 Å². The Bertz CT molecular complexity index is 1210. The van der Waals surface area contributed by atoms with Gasteiger partial charge in [0.2, 0.25) is 6.23 Å². The quantitative estimate of drug-likeness (QED) is 0.513. The third kappa shape index (κ3) is 4.78. The normalized spacial score (nSPS) is 17.9. The van der Waals surface area contributed by atoms with Gasteiger partial charge in [-0.25, -0.2) is 10.6 Å². The minimum Gasteiger partial charge on any atom is -0.463 e. The van der Waals surface area contributed by atoms with Crippen LogP contribution in [0.4, 0.5) is 4.79 Å². The molecule has 0 spiro atoms. The Morgan fingerprint density at radius 2 is 1.79 bits per heavy atom. The van der Waals surface area contributed by atoms with Crippen molar-refractivity contribution in [1.29, 1.82) is 0 Å². The fraction of sp³-hybridized carbons (Fsp3) is 0.280. The van der Waals surface area contributed by atoms with Crippen molar-refractivity contribution in [2.24, 2.45) is 5.84 Å². The van der Waals surface area contributed by atoms with E-state index in [1.165, 1.54) is 16.6 Å². The monoisotopic (exact) mass is 500 g/mol. The van der Waals surface area contributed by atoms with Crippen molar-refractivity contribution in [3.63, 3.8) is 0 Å². The number of fused-ring (bicyclic) bond motifs is 1. The van der Waals surface area contributed by atoms with Crippen LogP contribution >= 0.6 is 23.2 Å². The number of hydrazine groups is 1. The van der Waals surface area contributed by atoms with Gasteiger partial charge in [0.05, 0.1) is 21.3 Å².